The molecule has 1 unspecified atom stereocenters. The Morgan fingerprint density at radius 3 is 2.67 bits per heavy atom. The van der Waals surface area contributed by atoms with Gasteiger partial charge in [0, 0.05) is 6.54 Å². The first-order valence-electron chi connectivity index (χ1n) is 5.84. The number of nitrogen functional groups attached to an aromatic ring is 1. The van der Waals surface area contributed by atoms with E-state index in [0.717, 1.165) is 6.54 Å². The Kier molecular flexibility index (Phi) is 4.56. The Balaban J connectivity index is 2.77. The van der Waals surface area contributed by atoms with Gasteiger partial charge in [-0.15, -0.1) is 0 Å². The number of esters is 1. The molecule has 0 fully saturated rings. The number of carbonyl (C=O) groups excluding carboxylic acids is 1. The van der Waals surface area contributed by atoms with E-state index < -0.39 is 5.97 Å². The average Bonchev–Trinajstić information content (AvgIpc) is 2.65. The van der Waals surface area contributed by atoms with E-state index in [0.29, 0.717) is 16.5 Å². The van der Waals surface area contributed by atoms with Crippen LogP contribution in [0.5, 0.6) is 0 Å². The Morgan fingerprint density at radius 2 is 2.17 bits per heavy atom. The number of nitrogens with two attached hydrogens (primary N) is 1. The lowest BCUT2D eigenvalue weighted by Gasteiger charge is -2.27. The number of methoxy groups -OCH3 is 1. The summed E-state index contributed by atoms with van der Waals surface area (Å²) in [7, 11) is 1.33. The van der Waals surface area contributed by atoms with Crippen molar-refractivity contribution >= 4 is 28.3 Å². The molecule has 3 N–H and O–H groups in total. The number of aromatic nitrogens is 1. The zero-order chi connectivity index (χ0) is 13.9. The van der Waals surface area contributed by atoms with Crippen molar-refractivity contribution in [1.82, 2.24) is 4.37 Å². The minimum absolute atomic E-state index is 0.203. The summed E-state index contributed by atoms with van der Waals surface area (Å²) in [6.07, 6.45) is 0. The van der Waals surface area contributed by atoms with Crippen molar-refractivity contribution in [1.29, 1.82) is 0 Å². The number of anilines is 2. The molecule has 0 aliphatic carbocycles. The van der Waals surface area contributed by atoms with E-state index in [-0.39, 0.29) is 11.2 Å². The van der Waals surface area contributed by atoms with Gasteiger partial charge >= 0.3 is 5.97 Å². The quantitative estimate of drug-likeness (QED) is 0.823. The molecule has 0 saturated carbocycles. The normalized spacial score (nSPS) is 13.2. The van der Waals surface area contributed by atoms with E-state index in [9.17, 15) is 4.79 Å². The number of carbonyl (C=O) groups is 1. The fourth-order valence-corrected chi connectivity index (χ4v) is 1.98. The first-order chi connectivity index (χ1) is 8.27. The highest BCUT2D eigenvalue weighted by Gasteiger charge is 2.23. The van der Waals surface area contributed by atoms with Crippen molar-refractivity contribution in [2.24, 2.45) is 11.3 Å². The number of hydrogen-bond donors (Lipinski definition) is 2. The van der Waals surface area contributed by atoms with Crippen LogP contribution in [0.1, 0.15) is 38.1 Å². The van der Waals surface area contributed by atoms with E-state index in [1.807, 2.05) is 0 Å². The maximum Gasteiger partial charge on any atom is 0.344 e. The summed E-state index contributed by atoms with van der Waals surface area (Å²) in [5.41, 5.74) is 6.21. The SMILES string of the molecule is COC(=O)c1c(N)nsc1NCC(C)C(C)(C)C. The molecule has 1 aromatic rings. The summed E-state index contributed by atoms with van der Waals surface area (Å²) in [6, 6.07) is 0. The zero-order valence-electron chi connectivity index (χ0n) is 11.5. The highest BCUT2D eigenvalue weighted by atomic mass is 32.1. The third-order valence-corrected chi connectivity index (χ3v) is 3.97. The molecule has 0 saturated heterocycles. The summed E-state index contributed by atoms with van der Waals surface area (Å²) in [4.78, 5) is 11.6. The molecule has 6 heteroatoms. The largest absolute Gasteiger partial charge is 0.465 e. The molecule has 1 atom stereocenters. The Morgan fingerprint density at radius 1 is 1.56 bits per heavy atom. The summed E-state index contributed by atoms with van der Waals surface area (Å²) in [6.45, 7) is 9.47. The van der Waals surface area contributed by atoms with Crippen LogP contribution in [-0.4, -0.2) is 24.0 Å². The molecule has 0 radical (unpaired) electrons. The molecule has 0 spiro atoms. The van der Waals surface area contributed by atoms with E-state index in [1.54, 1.807) is 0 Å². The molecule has 1 aromatic heterocycles. The van der Waals surface area contributed by atoms with Gasteiger partial charge in [0.05, 0.1) is 7.11 Å². The standard InChI is InChI=1S/C12H21N3O2S/c1-7(12(2,3)4)6-14-10-8(11(16)17-5)9(13)15-18-10/h7,14H,6H2,1-5H3,(H2,13,15). The lowest BCUT2D eigenvalue weighted by atomic mass is 9.82. The second-order valence-corrected chi connectivity index (χ2v) is 6.18. The summed E-state index contributed by atoms with van der Waals surface area (Å²) in [5.74, 6) is 0.219. The fraction of sp³-hybridized carbons (Fsp3) is 0.667. The maximum atomic E-state index is 11.6. The predicted molar refractivity (Wildman–Crippen MR) is 75.0 cm³/mol. The minimum Gasteiger partial charge on any atom is -0.465 e. The number of nitrogens with zero attached hydrogens (tertiary/aromatic N) is 1. The van der Waals surface area contributed by atoms with Crippen LogP contribution in [0.15, 0.2) is 0 Å². The third-order valence-electron chi connectivity index (χ3n) is 3.16. The van der Waals surface area contributed by atoms with Crippen LogP contribution >= 0.6 is 11.5 Å². The molecule has 0 aliphatic heterocycles. The van der Waals surface area contributed by atoms with Crippen molar-refractivity contribution in [3.8, 4) is 0 Å². The first-order valence-corrected chi connectivity index (χ1v) is 6.62. The van der Waals surface area contributed by atoms with Crippen LogP contribution in [0.25, 0.3) is 0 Å². The number of nitrogens with one attached hydrogen (secondary N) is 1. The van der Waals surface area contributed by atoms with E-state index >= 15 is 0 Å². The van der Waals surface area contributed by atoms with Gasteiger partial charge in [-0.2, -0.15) is 4.37 Å². The molecule has 0 bridgehead atoms. The molecule has 1 rings (SSSR count). The second-order valence-electron chi connectivity index (χ2n) is 5.41. The molecule has 1 heterocycles. The van der Waals surface area contributed by atoms with E-state index in [1.165, 1.54) is 18.6 Å². The number of rotatable bonds is 4. The van der Waals surface area contributed by atoms with Crippen molar-refractivity contribution in [3.63, 3.8) is 0 Å². The summed E-state index contributed by atoms with van der Waals surface area (Å²) in [5, 5.41) is 3.91. The van der Waals surface area contributed by atoms with Gasteiger partial charge < -0.3 is 15.8 Å². The van der Waals surface area contributed by atoms with Crippen LogP contribution in [0.3, 0.4) is 0 Å². The molecular weight excluding hydrogens is 250 g/mol. The Hall–Kier alpha value is -1.30. The second kappa shape index (κ2) is 5.56. The predicted octanol–water partition coefficient (Wildman–Crippen LogP) is 2.61. The fourth-order valence-electron chi connectivity index (χ4n) is 1.27. The first kappa shape index (κ1) is 14.8. The molecule has 0 amide bonds. The van der Waals surface area contributed by atoms with Gasteiger partial charge in [0.2, 0.25) is 0 Å². The van der Waals surface area contributed by atoms with Crippen LogP contribution < -0.4 is 11.1 Å². The van der Waals surface area contributed by atoms with Crippen molar-refractivity contribution in [3.05, 3.63) is 5.56 Å². The lowest BCUT2D eigenvalue weighted by Crippen LogP contribution is -2.25. The van der Waals surface area contributed by atoms with Crippen molar-refractivity contribution in [2.45, 2.75) is 27.7 Å². The molecular formula is C12H21N3O2S. The molecule has 18 heavy (non-hydrogen) atoms. The average molecular weight is 271 g/mol. The minimum atomic E-state index is -0.452. The summed E-state index contributed by atoms with van der Waals surface area (Å²) >= 11 is 1.19. The highest BCUT2D eigenvalue weighted by molar-refractivity contribution is 7.11. The number of ether oxygens (including phenoxy) is 1. The molecule has 102 valence electrons. The van der Waals surface area contributed by atoms with Crippen LogP contribution in [-0.2, 0) is 4.74 Å². The monoisotopic (exact) mass is 271 g/mol. The lowest BCUT2D eigenvalue weighted by molar-refractivity contribution is 0.0603. The van der Waals surface area contributed by atoms with E-state index in [2.05, 4.69) is 37.4 Å². The topological polar surface area (TPSA) is 77.2 Å². The van der Waals surface area contributed by atoms with Gasteiger partial charge in [-0.25, -0.2) is 4.79 Å². The third kappa shape index (κ3) is 3.35. The van der Waals surface area contributed by atoms with Crippen LogP contribution in [0.2, 0.25) is 0 Å². The van der Waals surface area contributed by atoms with Crippen molar-refractivity contribution < 1.29 is 9.53 Å². The zero-order valence-corrected chi connectivity index (χ0v) is 12.4. The molecule has 0 aromatic carbocycles. The smallest absolute Gasteiger partial charge is 0.344 e. The van der Waals surface area contributed by atoms with Gasteiger partial charge in [-0.05, 0) is 22.9 Å². The Bertz CT molecular complexity index is 423. The van der Waals surface area contributed by atoms with Gasteiger partial charge in [0.15, 0.2) is 5.82 Å². The van der Waals surface area contributed by atoms with Crippen LogP contribution in [0, 0.1) is 11.3 Å². The van der Waals surface area contributed by atoms with Gasteiger partial charge in [0.1, 0.15) is 10.6 Å². The number of hydrogen-bond acceptors (Lipinski definition) is 6. The van der Waals surface area contributed by atoms with Crippen molar-refractivity contribution in [2.75, 3.05) is 24.7 Å². The van der Waals surface area contributed by atoms with Crippen LogP contribution in [0.4, 0.5) is 10.8 Å². The Labute approximate surface area is 112 Å². The molecule has 0 aliphatic rings. The van der Waals surface area contributed by atoms with Gasteiger partial charge in [-0.3, -0.25) is 0 Å². The van der Waals surface area contributed by atoms with Gasteiger partial charge in [-0.1, -0.05) is 27.7 Å². The summed E-state index contributed by atoms with van der Waals surface area (Å²) < 4.78 is 8.68. The molecule has 5 nitrogen and oxygen atoms in total. The maximum absolute atomic E-state index is 11.6. The highest BCUT2D eigenvalue weighted by Crippen LogP contribution is 2.30. The van der Waals surface area contributed by atoms with Gasteiger partial charge in [0.25, 0.3) is 0 Å². The van der Waals surface area contributed by atoms with E-state index in [4.69, 9.17) is 10.5 Å².